The van der Waals surface area contributed by atoms with Crippen molar-refractivity contribution in [2.45, 2.75) is 15.9 Å². The van der Waals surface area contributed by atoms with E-state index in [2.05, 4.69) is 25.7 Å². The Labute approximate surface area is 188 Å². The molecule has 1 aromatic carbocycles. The largest absolute Gasteiger partial charge is 0.537 e. The first-order valence-electron chi connectivity index (χ1n) is 10.00. The number of anilines is 1. The summed E-state index contributed by atoms with van der Waals surface area (Å²) in [6.07, 6.45) is 0.441. The van der Waals surface area contributed by atoms with Crippen molar-refractivity contribution in [3.05, 3.63) is 23.3 Å². The van der Waals surface area contributed by atoms with Gasteiger partial charge in [-0.05, 0) is 18.1 Å². The molecule has 0 spiro atoms. The third kappa shape index (κ3) is 5.23. The molecule has 0 unspecified atom stereocenters. The number of hydrogen-bond acceptors (Lipinski definition) is 11. The van der Waals surface area contributed by atoms with Gasteiger partial charge in [-0.25, -0.2) is 4.79 Å². The molecule has 1 aromatic heterocycles. The lowest BCUT2D eigenvalue weighted by molar-refractivity contribution is 0.0690. The first-order chi connectivity index (χ1) is 15.0. The summed E-state index contributed by atoms with van der Waals surface area (Å²) >= 11 is 2.80. The first kappa shape index (κ1) is 22.2. The summed E-state index contributed by atoms with van der Waals surface area (Å²) in [5, 5.41) is 35.5. The second kappa shape index (κ2) is 10.0. The van der Waals surface area contributed by atoms with Crippen molar-refractivity contribution in [1.82, 2.24) is 20.4 Å². The maximum absolute atomic E-state index is 11.6. The summed E-state index contributed by atoms with van der Waals surface area (Å²) in [7, 11) is 0.229. The molecule has 4 N–H and O–H groups in total. The Morgan fingerprint density at radius 3 is 3.00 bits per heavy atom. The van der Waals surface area contributed by atoms with Crippen molar-refractivity contribution < 1.29 is 24.3 Å². The molecule has 0 radical (unpaired) electrons. The molecule has 1 fully saturated rings. The van der Waals surface area contributed by atoms with Crippen LogP contribution < -0.4 is 20.0 Å². The van der Waals surface area contributed by atoms with E-state index in [1.54, 1.807) is 12.1 Å². The Hall–Kier alpha value is -2.06. The van der Waals surface area contributed by atoms with Gasteiger partial charge in [0.05, 0.1) is 12.3 Å². The highest BCUT2D eigenvalue weighted by atomic mass is 32.2. The van der Waals surface area contributed by atoms with E-state index in [-0.39, 0.29) is 22.2 Å². The standard InChI is InChI=1S/C18H24BN5O5S2/c1-28-12-3-2-11-10-13(19(27)29-15(11)14(12)16(25)26)30-18-23-22-17(31-18)21-6-9-24-7-4-20-5-8-24/h2-3,13,20,27H,4-10H2,1H3,(H,21,22)(H,25,26)/t13-/m0/s1. The van der Waals surface area contributed by atoms with Crippen molar-refractivity contribution >= 4 is 41.3 Å². The average Bonchev–Trinajstić information content (AvgIpc) is 3.21. The van der Waals surface area contributed by atoms with Crippen LogP contribution in [0.2, 0.25) is 0 Å². The molecule has 0 amide bonds. The molecule has 166 valence electrons. The molecule has 31 heavy (non-hydrogen) atoms. The van der Waals surface area contributed by atoms with Gasteiger partial charge in [-0.2, -0.15) is 0 Å². The van der Waals surface area contributed by atoms with Gasteiger partial charge in [-0.3, -0.25) is 4.90 Å². The highest BCUT2D eigenvalue weighted by Crippen LogP contribution is 2.40. The molecule has 2 aliphatic heterocycles. The number of benzene rings is 1. The van der Waals surface area contributed by atoms with Crippen molar-refractivity contribution in [1.29, 1.82) is 0 Å². The minimum atomic E-state index is -1.17. The van der Waals surface area contributed by atoms with Crippen LogP contribution in [0.5, 0.6) is 11.5 Å². The number of hydrogen-bond donors (Lipinski definition) is 4. The zero-order chi connectivity index (χ0) is 21.8. The minimum absolute atomic E-state index is 0.0746. The Bertz CT molecular complexity index is 927. The van der Waals surface area contributed by atoms with Gasteiger partial charge in [0, 0.05) is 39.3 Å². The highest BCUT2D eigenvalue weighted by molar-refractivity contribution is 8.02. The van der Waals surface area contributed by atoms with Gasteiger partial charge in [0.2, 0.25) is 5.13 Å². The van der Waals surface area contributed by atoms with Crippen molar-refractivity contribution in [3.63, 3.8) is 0 Å². The predicted octanol–water partition coefficient (Wildman–Crippen LogP) is 0.677. The van der Waals surface area contributed by atoms with Crippen LogP contribution in [-0.2, 0) is 6.42 Å². The van der Waals surface area contributed by atoms with Crippen LogP contribution >= 0.6 is 23.1 Å². The first-order valence-corrected chi connectivity index (χ1v) is 11.7. The van der Waals surface area contributed by atoms with Gasteiger partial charge in [0.25, 0.3) is 0 Å². The van der Waals surface area contributed by atoms with E-state index >= 15 is 0 Å². The highest BCUT2D eigenvalue weighted by Gasteiger charge is 2.39. The van der Waals surface area contributed by atoms with Crippen LogP contribution in [0.3, 0.4) is 0 Å². The van der Waals surface area contributed by atoms with E-state index in [9.17, 15) is 14.9 Å². The SMILES string of the molecule is COc1ccc2c(c1C(=O)O)OB(O)[C@@H](Sc1nnc(NCCN3CCNCC3)s1)C2. The average molecular weight is 465 g/mol. The fourth-order valence-corrected chi connectivity index (χ4v) is 5.69. The van der Waals surface area contributed by atoms with Gasteiger partial charge in [-0.15, -0.1) is 10.2 Å². The maximum atomic E-state index is 11.6. The van der Waals surface area contributed by atoms with E-state index in [0.29, 0.717) is 16.3 Å². The molecule has 3 heterocycles. The number of rotatable bonds is 8. The van der Waals surface area contributed by atoms with Crippen LogP contribution in [0.4, 0.5) is 5.13 Å². The number of fused-ring (bicyclic) bond motifs is 1. The number of nitrogens with zero attached hydrogens (tertiary/aromatic N) is 3. The molecule has 0 saturated carbocycles. The zero-order valence-corrected chi connectivity index (χ0v) is 18.7. The third-order valence-electron chi connectivity index (χ3n) is 5.19. The second-order valence-corrected chi connectivity index (χ2v) is 9.66. The number of piperazine rings is 1. The molecule has 0 aliphatic carbocycles. The number of ether oxygens (including phenoxy) is 1. The molecule has 2 aromatic rings. The molecular weight excluding hydrogens is 441 g/mol. The van der Waals surface area contributed by atoms with Crippen LogP contribution in [0.1, 0.15) is 15.9 Å². The van der Waals surface area contributed by atoms with Gasteiger partial charge in [0.15, 0.2) is 4.34 Å². The number of carbonyl (C=O) groups is 1. The second-order valence-electron chi connectivity index (χ2n) is 7.20. The number of aromatic nitrogens is 2. The Kier molecular flexibility index (Phi) is 7.18. The van der Waals surface area contributed by atoms with Gasteiger partial charge < -0.3 is 30.2 Å². The van der Waals surface area contributed by atoms with Crippen molar-refractivity contribution in [2.24, 2.45) is 0 Å². The van der Waals surface area contributed by atoms with E-state index in [0.717, 1.165) is 44.4 Å². The third-order valence-corrected chi connectivity index (χ3v) is 7.38. The number of nitrogens with one attached hydrogen (secondary N) is 2. The normalized spacial score (nSPS) is 18.9. The molecule has 1 atom stereocenters. The smallest absolute Gasteiger partial charge is 0.534 e. The van der Waals surface area contributed by atoms with Crippen LogP contribution in [0.25, 0.3) is 0 Å². The fourth-order valence-electron chi connectivity index (χ4n) is 3.60. The predicted molar refractivity (Wildman–Crippen MR) is 120 cm³/mol. The quantitative estimate of drug-likeness (QED) is 0.411. The van der Waals surface area contributed by atoms with Crippen LogP contribution in [0.15, 0.2) is 16.5 Å². The lowest BCUT2D eigenvalue weighted by Crippen LogP contribution is -2.45. The number of carboxylic acids is 1. The Morgan fingerprint density at radius 2 is 2.26 bits per heavy atom. The molecule has 4 rings (SSSR count). The number of thioether (sulfide) groups is 1. The van der Waals surface area contributed by atoms with Gasteiger partial charge >= 0.3 is 13.1 Å². The van der Waals surface area contributed by atoms with Crippen molar-refractivity contribution in [3.8, 4) is 11.5 Å². The summed E-state index contributed by atoms with van der Waals surface area (Å²) in [6, 6.07) is 3.37. The molecule has 13 heteroatoms. The van der Waals surface area contributed by atoms with Crippen molar-refractivity contribution in [2.75, 3.05) is 51.7 Å². The van der Waals surface area contributed by atoms with E-state index < -0.39 is 13.1 Å². The van der Waals surface area contributed by atoms with Crippen LogP contribution in [0, 0.1) is 0 Å². The zero-order valence-electron chi connectivity index (χ0n) is 17.0. The summed E-state index contributed by atoms with van der Waals surface area (Å²) < 4.78 is 11.4. The number of aromatic carboxylic acids is 1. The number of carboxylic acid groups (broad SMARTS) is 1. The summed E-state index contributed by atoms with van der Waals surface area (Å²) in [5.41, 5.74) is 0.634. The maximum Gasteiger partial charge on any atom is 0.537 e. The number of methoxy groups -OCH3 is 1. The van der Waals surface area contributed by atoms with E-state index in [1.807, 2.05) is 0 Å². The molecule has 10 nitrogen and oxygen atoms in total. The molecular formula is C18H24BN5O5S2. The van der Waals surface area contributed by atoms with Gasteiger partial charge in [-0.1, -0.05) is 29.2 Å². The fraction of sp³-hybridized carbons (Fsp3) is 0.500. The monoisotopic (exact) mass is 465 g/mol. The Morgan fingerprint density at radius 1 is 1.45 bits per heavy atom. The van der Waals surface area contributed by atoms with Crippen LogP contribution in [-0.4, -0.2) is 89.8 Å². The van der Waals surface area contributed by atoms with Gasteiger partial charge in [0.1, 0.15) is 17.1 Å². The summed E-state index contributed by atoms with van der Waals surface area (Å²) in [6.45, 7) is 5.89. The lowest BCUT2D eigenvalue weighted by Gasteiger charge is -2.28. The summed E-state index contributed by atoms with van der Waals surface area (Å²) in [5.74, 6) is -0.804. The molecule has 2 aliphatic rings. The molecule has 0 bridgehead atoms. The summed E-state index contributed by atoms with van der Waals surface area (Å²) in [4.78, 5) is 14.0. The van der Waals surface area contributed by atoms with E-state index in [4.69, 9.17) is 9.39 Å². The Balaban J connectivity index is 1.36. The topological polar surface area (TPSA) is 129 Å². The lowest BCUT2D eigenvalue weighted by atomic mass is 9.77. The minimum Gasteiger partial charge on any atom is -0.534 e. The molecule has 1 saturated heterocycles. The van der Waals surface area contributed by atoms with E-state index in [1.165, 1.54) is 30.2 Å².